The maximum absolute atomic E-state index is 12.7. The number of nitrogens with zero attached hydrogens (tertiary/aromatic N) is 2. The molecular formula is C24H18Cl2N2O4S. The zero-order valence-electron chi connectivity index (χ0n) is 17.7. The van der Waals surface area contributed by atoms with Gasteiger partial charge in [0, 0.05) is 23.7 Å². The van der Waals surface area contributed by atoms with Gasteiger partial charge in [-0.05, 0) is 67.2 Å². The lowest BCUT2D eigenvalue weighted by Crippen LogP contribution is -2.23. The van der Waals surface area contributed by atoms with Crippen molar-refractivity contribution in [2.24, 2.45) is 4.99 Å². The van der Waals surface area contributed by atoms with Crippen LogP contribution in [0.1, 0.15) is 23.0 Å². The van der Waals surface area contributed by atoms with Gasteiger partial charge in [-0.25, -0.2) is 9.79 Å². The first-order chi connectivity index (χ1) is 15.9. The van der Waals surface area contributed by atoms with E-state index in [1.54, 1.807) is 74.6 Å². The summed E-state index contributed by atoms with van der Waals surface area (Å²) in [6.45, 7) is 2.04. The lowest BCUT2D eigenvalue weighted by atomic mass is 10.2. The maximum Gasteiger partial charge on any atom is 0.338 e. The molecule has 2 aromatic carbocycles. The highest BCUT2D eigenvalue weighted by Gasteiger charge is 2.30. The molecule has 0 radical (unpaired) electrons. The molecule has 168 valence electrons. The molecule has 1 aromatic heterocycles. The predicted octanol–water partition coefficient (Wildman–Crippen LogP) is 6.66. The Kier molecular flexibility index (Phi) is 6.93. The Hall–Kier alpha value is -3.00. The van der Waals surface area contributed by atoms with Gasteiger partial charge in [0.2, 0.25) is 0 Å². The van der Waals surface area contributed by atoms with E-state index in [1.165, 1.54) is 16.7 Å². The molecule has 1 amide bonds. The Bertz CT molecular complexity index is 1300. The van der Waals surface area contributed by atoms with Crippen LogP contribution >= 0.6 is 35.0 Å². The second kappa shape index (κ2) is 9.87. The van der Waals surface area contributed by atoms with Crippen molar-refractivity contribution >= 4 is 63.8 Å². The van der Waals surface area contributed by atoms with E-state index in [9.17, 15) is 9.59 Å². The molecule has 6 nitrogen and oxygen atoms in total. The fourth-order valence-electron chi connectivity index (χ4n) is 3.07. The number of halogens is 2. The number of furan rings is 1. The Morgan fingerprint density at radius 2 is 2.00 bits per heavy atom. The highest BCUT2D eigenvalue weighted by Crippen LogP contribution is 2.35. The van der Waals surface area contributed by atoms with Crippen LogP contribution in [0, 0.1) is 0 Å². The number of ether oxygens (including phenoxy) is 1. The number of amidine groups is 1. The van der Waals surface area contributed by atoms with Crippen molar-refractivity contribution in [1.82, 2.24) is 4.90 Å². The van der Waals surface area contributed by atoms with Crippen molar-refractivity contribution in [3.8, 4) is 11.3 Å². The van der Waals surface area contributed by atoms with E-state index in [0.29, 0.717) is 48.5 Å². The summed E-state index contributed by atoms with van der Waals surface area (Å²) in [6, 6.07) is 15.5. The summed E-state index contributed by atoms with van der Waals surface area (Å²) in [6.07, 6.45) is 1.66. The quantitative estimate of drug-likeness (QED) is 0.289. The highest BCUT2D eigenvalue weighted by atomic mass is 35.5. The predicted molar refractivity (Wildman–Crippen MR) is 132 cm³/mol. The third-order valence-electron chi connectivity index (χ3n) is 4.68. The SMILES string of the molecule is CCOC(=O)c1cccc(N=C2SC(=Cc3ccc(-c4ccc(Cl)cc4Cl)o3)C(=O)N2C)c1. The van der Waals surface area contributed by atoms with Crippen molar-refractivity contribution in [1.29, 1.82) is 0 Å². The number of likely N-dealkylation sites (N-methyl/N-ethyl adjacent to an activating group) is 1. The normalized spacial score (nSPS) is 16.1. The lowest BCUT2D eigenvalue weighted by Gasteiger charge is -2.07. The molecule has 0 spiro atoms. The number of carbonyl (C=O) groups is 2. The molecule has 1 fully saturated rings. The van der Waals surface area contributed by atoms with E-state index in [0.717, 1.165) is 0 Å². The van der Waals surface area contributed by atoms with Crippen molar-refractivity contribution in [2.75, 3.05) is 13.7 Å². The topological polar surface area (TPSA) is 72.1 Å². The molecule has 0 saturated carbocycles. The minimum atomic E-state index is -0.418. The van der Waals surface area contributed by atoms with Crippen LogP contribution in [-0.4, -0.2) is 35.6 Å². The van der Waals surface area contributed by atoms with Crippen molar-refractivity contribution < 1.29 is 18.7 Å². The minimum Gasteiger partial charge on any atom is -0.462 e. The van der Waals surface area contributed by atoms with Crippen LogP contribution in [0.4, 0.5) is 5.69 Å². The number of thioether (sulfide) groups is 1. The van der Waals surface area contributed by atoms with Gasteiger partial charge >= 0.3 is 5.97 Å². The first-order valence-electron chi connectivity index (χ1n) is 9.94. The van der Waals surface area contributed by atoms with Gasteiger partial charge in [-0.15, -0.1) is 0 Å². The van der Waals surface area contributed by atoms with Gasteiger partial charge in [0.1, 0.15) is 11.5 Å². The fourth-order valence-corrected chi connectivity index (χ4v) is 4.54. The van der Waals surface area contributed by atoms with E-state index in [2.05, 4.69) is 4.99 Å². The van der Waals surface area contributed by atoms with Gasteiger partial charge in [0.25, 0.3) is 5.91 Å². The standard InChI is InChI=1S/C24H18Cl2N2O4S/c1-3-31-23(30)14-5-4-6-16(11-14)27-24-28(2)22(29)21(33-24)13-17-8-10-20(32-17)18-9-7-15(25)12-19(18)26/h4-13H,3H2,1-2H3. The Morgan fingerprint density at radius 1 is 1.18 bits per heavy atom. The zero-order chi connectivity index (χ0) is 23.5. The smallest absolute Gasteiger partial charge is 0.338 e. The Labute approximate surface area is 204 Å². The Balaban J connectivity index is 1.57. The van der Waals surface area contributed by atoms with E-state index in [1.807, 2.05) is 0 Å². The molecule has 9 heteroatoms. The van der Waals surface area contributed by atoms with Gasteiger partial charge in [-0.2, -0.15) is 0 Å². The number of aliphatic imine (C=N–C) groups is 1. The van der Waals surface area contributed by atoms with E-state index < -0.39 is 5.97 Å². The Morgan fingerprint density at radius 3 is 2.76 bits per heavy atom. The zero-order valence-corrected chi connectivity index (χ0v) is 20.0. The molecule has 0 N–H and O–H groups in total. The van der Waals surface area contributed by atoms with Gasteiger partial charge in [0.05, 0.1) is 27.8 Å². The van der Waals surface area contributed by atoms with Crippen LogP contribution in [0.15, 0.2) is 68.9 Å². The van der Waals surface area contributed by atoms with Crippen LogP contribution in [-0.2, 0) is 9.53 Å². The molecule has 1 aliphatic heterocycles. The van der Waals surface area contributed by atoms with Crippen LogP contribution in [0.5, 0.6) is 0 Å². The van der Waals surface area contributed by atoms with E-state index in [4.69, 9.17) is 32.4 Å². The molecular weight excluding hydrogens is 483 g/mol. The number of benzene rings is 2. The van der Waals surface area contributed by atoms with E-state index in [-0.39, 0.29) is 12.5 Å². The number of hydrogen-bond donors (Lipinski definition) is 0. The van der Waals surface area contributed by atoms with Crippen LogP contribution in [0.3, 0.4) is 0 Å². The average molecular weight is 501 g/mol. The molecule has 33 heavy (non-hydrogen) atoms. The monoisotopic (exact) mass is 500 g/mol. The van der Waals surface area contributed by atoms with Gasteiger partial charge in [0.15, 0.2) is 5.17 Å². The number of carbonyl (C=O) groups excluding carboxylic acids is 2. The molecule has 3 aromatic rings. The summed E-state index contributed by atoms with van der Waals surface area (Å²) in [5.74, 6) is 0.448. The highest BCUT2D eigenvalue weighted by molar-refractivity contribution is 8.18. The summed E-state index contributed by atoms with van der Waals surface area (Å²) in [5, 5.41) is 1.50. The average Bonchev–Trinajstić information content (AvgIpc) is 3.35. The lowest BCUT2D eigenvalue weighted by molar-refractivity contribution is -0.121. The molecule has 1 saturated heterocycles. The first-order valence-corrected chi connectivity index (χ1v) is 11.5. The third kappa shape index (κ3) is 5.16. The third-order valence-corrected chi connectivity index (χ3v) is 6.29. The van der Waals surface area contributed by atoms with Crippen LogP contribution < -0.4 is 0 Å². The molecule has 1 aliphatic rings. The maximum atomic E-state index is 12.7. The molecule has 0 aliphatic carbocycles. The van der Waals surface area contributed by atoms with E-state index >= 15 is 0 Å². The largest absolute Gasteiger partial charge is 0.462 e. The summed E-state index contributed by atoms with van der Waals surface area (Å²) in [7, 11) is 1.64. The van der Waals surface area contributed by atoms with Crippen LogP contribution in [0.25, 0.3) is 17.4 Å². The van der Waals surface area contributed by atoms with Crippen molar-refractivity contribution in [2.45, 2.75) is 6.92 Å². The van der Waals surface area contributed by atoms with Crippen LogP contribution in [0.2, 0.25) is 10.0 Å². The first kappa shape index (κ1) is 23.2. The van der Waals surface area contributed by atoms with Crippen molar-refractivity contribution in [3.05, 3.63) is 80.9 Å². The number of rotatable bonds is 5. The fraction of sp³-hybridized carbons (Fsp3) is 0.125. The minimum absolute atomic E-state index is 0.206. The molecule has 0 unspecified atom stereocenters. The number of esters is 1. The van der Waals surface area contributed by atoms with Gasteiger partial charge in [-0.3, -0.25) is 9.69 Å². The molecule has 2 heterocycles. The molecule has 4 rings (SSSR count). The van der Waals surface area contributed by atoms with Crippen molar-refractivity contribution in [3.63, 3.8) is 0 Å². The summed E-state index contributed by atoms with van der Waals surface area (Å²) in [4.78, 5) is 31.2. The van der Waals surface area contributed by atoms with Gasteiger partial charge in [-0.1, -0.05) is 29.3 Å². The second-order valence-corrected chi connectivity index (χ2v) is 8.82. The number of hydrogen-bond acceptors (Lipinski definition) is 6. The summed E-state index contributed by atoms with van der Waals surface area (Å²) in [5.41, 5.74) is 1.65. The molecule has 0 bridgehead atoms. The molecule has 0 atom stereocenters. The summed E-state index contributed by atoms with van der Waals surface area (Å²) < 4.78 is 10.9. The number of amides is 1. The van der Waals surface area contributed by atoms with Gasteiger partial charge < -0.3 is 9.15 Å². The second-order valence-electron chi connectivity index (χ2n) is 6.97. The summed E-state index contributed by atoms with van der Waals surface area (Å²) >= 11 is 13.4.